The van der Waals surface area contributed by atoms with Gasteiger partial charge >= 0.3 is 0 Å². The van der Waals surface area contributed by atoms with E-state index in [2.05, 4.69) is 10.6 Å². The highest BCUT2D eigenvalue weighted by molar-refractivity contribution is 6.31. The molecule has 2 aliphatic heterocycles. The minimum atomic E-state index is -0.109. The number of piperidine rings is 1. The number of carbonyl (C=O) groups is 2. The Balaban J connectivity index is 1.42. The molecule has 0 aliphatic carbocycles. The summed E-state index contributed by atoms with van der Waals surface area (Å²) in [5.41, 5.74) is 3.67. The second-order valence-corrected chi connectivity index (χ2v) is 7.55. The first-order valence-corrected chi connectivity index (χ1v) is 9.70. The van der Waals surface area contributed by atoms with Crippen molar-refractivity contribution in [2.75, 3.05) is 16.8 Å². The number of carbonyl (C=O) groups excluding carboxylic acids is 2. The molecule has 2 aromatic rings. The summed E-state index contributed by atoms with van der Waals surface area (Å²) in [7, 11) is 0. The van der Waals surface area contributed by atoms with Crippen molar-refractivity contribution in [3.8, 4) is 0 Å². The third-order valence-electron chi connectivity index (χ3n) is 5.17. The maximum Gasteiger partial charge on any atom is 0.241 e. The van der Waals surface area contributed by atoms with Gasteiger partial charge < -0.3 is 15.5 Å². The highest BCUT2D eigenvalue weighted by Gasteiger charge is 2.27. The third-order valence-corrected chi connectivity index (χ3v) is 5.40. The van der Waals surface area contributed by atoms with Gasteiger partial charge in [-0.3, -0.25) is 9.59 Å². The molecule has 1 unspecified atom stereocenters. The number of halogens is 1. The van der Waals surface area contributed by atoms with Crippen LogP contribution in [-0.2, 0) is 22.6 Å². The van der Waals surface area contributed by atoms with Crippen LogP contribution in [0.25, 0.3) is 0 Å². The van der Waals surface area contributed by atoms with Crippen LogP contribution in [0.4, 0.5) is 11.4 Å². The van der Waals surface area contributed by atoms with Gasteiger partial charge in [0.1, 0.15) is 0 Å². The van der Waals surface area contributed by atoms with Crippen LogP contribution in [0.2, 0.25) is 5.02 Å². The van der Waals surface area contributed by atoms with Crippen LogP contribution >= 0.6 is 11.6 Å². The van der Waals surface area contributed by atoms with Crippen molar-refractivity contribution in [3.05, 3.63) is 58.6 Å². The fourth-order valence-electron chi connectivity index (χ4n) is 3.68. The Kier molecular flexibility index (Phi) is 5.14. The lowest BCUT2D eigenvalue weighted by atomic mass is 10.0. The molecule has 0 spiro atoms. The van der Waals surface area contributed by atoms with Gasteiger partial charge in [-0.2, -0.15) is 0 Å². The Morgan fingerprint density at radius 2 is 2.00 bits per heavy atom. The van der Waals surface area contributed by atoms with E-state index >= 15 is 0 Å². The highest BCUT2D eigenvalue weighted by atomic mass is 35.5. The number of amides is 2. The van der Waals surface area contributed by atoms with Gasteiger partial charge in [-0.15, -0.1) is 0 Å². The van der Waals surface area contributed by atoms with Crippen molar-refractivity contribution in [1.82, 2.24) is 5.32 Å². The summed E-state index contributed by atoms with van der Waals surface area (Å²) < 4.78 is 0. The lowest BCUT2D eigenvalue weighted by Crippen LogP contribution is -2.43. The monoisotopic (exact) mass is 383 g/mol. The van der Waals surface area contributed by atoms with Gasteiger partial charge in [0.25, 0.3) is 0 Å². The molecule has 2 amide bonds. The maximum atomic E-state index is 12.4. The Morgan fingerprint density at radius 3 is 2.74 bits per heavy atom. The average molecular weight is 384 g/mol. The van der Waals surface area contributed by atoms with Crippen LogP contribution in [0.15, 0.2) is 42.5 Å². The molecule has 4 rings (SSSR count). The topological polar surface area (TPSA) is 61.4 Å². The quantitative estimate of drug-likeness (QED) is 0.849. The summed E-state index contributed by atoms with van der Waals surface area (Å²) in [6, 6.07) is 13.1. The van der Waals surface area contributed by atoms with Crippen molar-refractivity contribution < 1.29 is 9.59 Å². The molecule has 2 heterocycles. The summed E-state index contributed by atoms with van der Waals surface area (Å²) in [6.45, 7) is 1.39. The van der Waals surface area contributed by atoms with Gasteiger partial charge in [0.05, 0.1) is 19.0 Å². The Morgan fingerprint density at radius 1 is 1.19 bits per heavy atom. The van der Waals surface area contributed by atoms with E-state index in [-0.39, 0.29) is 17.9 Å². The molecule has 2 aromatic carbocycles. The first-order chi connectivity index (χ1) is 13.1. The summed E-state index contributed by atoms with van der Waals surface area (Å²) in [5, 5.41) is 6.84. The zero-order valence-corrected chi connectivity index (χ0v) is 15.8. The van der Waals surface area contributed by atoms with E-state index < -0.39 is 0 Å². The van der Waals surface area contributed by atoms with Crippen molar-refractivity contribution >= 4 is 34.8 Å². The molecular formula is C21H22ClN3O2. The van der Waals surface area contributed by atoms with E-state index in [1.807, 2.05) is 42.5 Å². The highest BCUT2D eigenvalue weighted by Crippen LogP contribution is 2.32. The fourth-order valence-corrected chi connectivity index (χ4v) is 3.85. The molecule has 27 heavy (non-hydrogen) atoms. The summed E-state index contributed by atoms with van der Waals surface area (Å²) in [4.78, 5) is 26.4. The number of hydrogen-bond donors (Lipinski definition) is 2. The van der Waals surface area contributed by atoms with Crippen LogP contribution in [0.3, 0.4) is 0 Å². The molecule has 140 valence electrons. The third kappa shape index (κ3) is 3.99. The lowest BCUT2D eigenvalue weighted by Gasteiger charge is -2.22. The Labute approximate surface area is 163 Å². The molecule has 1 saturated heterocycles. The summed E-state index contributed by atoms with van der Waals surface area (Å²) in [6.07, 6.45) is 3.50. The first-order valence-electron chi connectivity index (χ1n) is 9.32. The normalized spacial score (nSPS) is 19.1. The van der Waals surface area contributed by atoms with E-state index in [1.54, 1.807) is 4.90 Å². The number of nitrogens with zero attached hydrogens (tertiary/aromatic N) is 1. The average Bonchev–Trinajstić information content (AvgIpc) is 2.99. The van der Waals surface area contributed by atoms with E-state index in [1.165, 1.54) is 0 Å². The minimum absolute atomic E-state index is 0.0146. The second kappa shape index (κ2) is 7.71. The van der Waals surface area contributed by atoms with E-state index in [9.17, 15) is 9.59 Å². The molecule has 0 bridgehead atoms. The van der Waals surface area contributed by atoms with Crippen LogP contribution in [0.1, 0.15) is 30.4 Å². The van der Waals surface area contributed by atoms with Crippen molar-refractivity contribution in [3.63, 3.8) is 0 Å². The minimum Gasteiger partial charge on any atom is -0.325 e. The van der Waals surface area contributed by atoms with Crippen molar-refractivity contribution in [1.29, 1.82) is 0 Å². The molecule has 0 radical (unpaired) electrons. The van der Waals surface area contributed by atoms with Crippen LogP contribution in [-0.4, -0.2) is 24.4 Å². The lowest BCUT2D eigenvalue weighted by molar-refractivity contribution is -0.119. The molecule has 0 aromatic heterocycles. The number of benzene rings is 2. The predicted octanol–water partition coefficient (Wildman–Crippen LogP) is 3.51. The maximum absolute atomic E-state index is 12.4. The largest absolute Gasteiger partial charge is 0.325 e. The van der Waals surface area contributed by atoms with Gasteiger partial charge in [0, 0.05) is 16.4 Å². The predicted molar refractivity (Wildman–Crippen MR) is 107 cm³/mol. The fraction of sp³-hybridized carbons (Fsp3) is 0.333. The van der Waals surface area contributed by atoms with E-state index in [0.717, 1.165) is 48.3 Å². The van der Waals surface area contributed by atoms with E-state index in [0.29, 0.717) is 18.0 Å². The number of fused-ring (bicyclic) bond motifs is 1. The van der Waals surface area contributed by atoms with Gasteiger partial charge in [-0.05, 0) is 54.8 Å². The van der Waals surface area contributed by atoms with E-state index in [4.69, 9.17) is 11.6 Å². The summed E-state index contributed by atoms with van der Waals surface area (Å²) >= 11 is 6.09. The Hall–Kier alpha value is -2.37. The molecule has 1 fully saturated rings. The number of rotatable bonds is 4. The van der Waals surface area contributed by atoms with Gasteiger partial charge in [0.15, 0.2) is 0 Å². The first kappa shape index (κ1) is 18.0. The SMILES string of the molecule is O=C(Nc1ccc(CN2C(=O)Cc3ccc(Cl)cc32)cc1)C1CCCCN1. The van der Waals surface area contributed by atoms with Gasteiger partial charge in [0.2, 0.25) is 11.8 Å². The van der Waals surface area contributed by atoms with Crippen LogP contribution in [0.5, 0.6) is 0 Å². The zero-order chi connectivity index (χ0) is 18.8. The molecule has 2 aliphatic rings. The van der Waals surface area contributed by atoms with Crippen molar-refractivity contribution in [2.45, 2.75) is 38.3 Å². The number of hydrogen-bond acceptors (Lipinski definition) is 3. The summed E-state index contributed by atoms with van der Waals surface area (Å²) in [5.74, 6) is 0.0914. The molecule has 0 saturated carbocycles. The van der Waals surface area contributed by atoms with Gasteiger partial charge in [-0.1, -0.05) is 36.2 Å². The van der Waals surface area contributed by atoms with Crippen molar-refractivity contribution in [2.24, 2.45) is 0 Å². The molecule has 6 heteroatoms. The zero-order valence-electron chi connectivity index (χ0n) is 15.0. The molecule has 5 nitrogen and oxygen atoms in total. The van der Waals surface area contributed by atoms with Crippen LogP contribution in [0, 0.1) is 0 Å². The molecule has 1 atom stereocenters. The Bertz CT molecular complexity index is 860. The molecular weight excluding hydrogens is 362 g/mol. The number of nitrogens with one attached hydrogen (secondary N) is 2. The standard InChI is InChI=1S/C21H22ClN3O2/c22-16-7-6-15-11-20(26)25(19(15)12-16)13-14-4-8-17(9-5-14)24-21(27)18-3-1-2-10-23-18/h4-9,12,18,23H,1-3,10-11,13H2,(H,24,27). The molecule has 2 N–H and O–H groups in total. The second-order valence-electron chi connectivity index (χ2n) is 7.12. The smallest absolute Gasteiger partial charge is 0.241 e. The number of anilines is 2. The van der Waals surface area contributed by atoms with Crippen LogP contribution < -0.4 is 15.5 Å². The van der Waals surface area contributed by atoms with Gasteiger partial charge in [-0.25, -0.2) is 0 Å².